The van der Waals surface area contributed by atoms with E-state index < -0.39 is 34.4 Å². The molecule has 2 aliphatic rings. The van der Waals surface area contributed by atoms with E-state index in [4.69, 9.17) is 4.89 Å². The number of carbonyl (C=O) groups is 1. The molecule has 3 N–H and O–H groups in total. The van der Waals surface area contributed by atoms with Crippen LogP contribution in [0.25, 0.3) is 0 Å². The first-order valence-corrected chi connectivity index (χ1v) is 11.0. The summed E-state index contributed by atoms with van der Waals surface area (Å²) in [5.41, 5.74) is -2.52. The van der Waals surface area contributed by atoms with Gasteiger partial charge in [0, 0.05) is 23.8 Å². The fraction of sp³-hybridized carbons (Fsp3) is 0.429. The fourth-order valence-electron chi connectivity index (χ4n) is 4.26. The van der Waals surface area contributed by atoms with Gasteiger partial charge in [0.2, 0.25) is 5.82 Å². The van der Waals surface area contributed by atoms with E-state index in [1.54, 1.807) is 6.07 Å². The highest BCUT2D eigenvalue weighted by atomic mass is 79.9. The average Bonchev–Trinajstić information content (AvgIpc) is 2.75. The normalized spacial score (nSPS) is 20.0. The van der Waals surface area contributed by atoms with Gasteiger partial charge in [-0.3, -0.25) is 14.8 Å². The third-order valence-electron chi connectivity index (χ3n) is 6.07. The molecule has 2 aliphatic heterocycles. The summed E-state index contributed by atoms with van der Waals surface area (Å²) in [6.45, 7) is 0.982. The summed E-state index contributed by atoms with van der Waals surface area (Å²) in [6, 6.07) is 3.98. The summed E-state index contributed by atoms with van der Waals surface area (Å²) in [6.07, 6.45) is 4.02. The Kier molecular flexibility index (Phi) is 6.35. The van der Waals surface area contributed by atoms with Crippen LogP contribution >= 0.6 is 15.9 Å². The van der Waals surface area contributed by atoms with E-state index in [0.29, 0.717) is 4.47 Å². The highest BCUT2D eigenvalue weighted by molar-refractivity contribution is 9.10. The van der Waals surface area contributed by atoms with Crippen LogP contribution in [0.5, 0.6) is 0 Å². The second kappa shape index (κ2) is 8.89. The first kappa shape index (κ1) is 22.8. The van der Waals surface area contributed by atoms with E-state index in [1.165, 1.54) is 30.3 Å². The van der Waals surface area contributed by atoms with Crippen molar-refractivity contribution < 1.29 is 23.7 Å². The predicted octanol–water partition coefficient (Wildman–Crippen LogP) is 3.00. The zero-order valence-corrected chi connectivity index (χ0v) is 18.9. The van der Waals surface area contributed by atoms with Crippen molar-refractivity contribution in [2.45, 2.75) is 30.9 Å². The molecule has 0 radical (unpaired) electrons. The summed E-state index contributed by atoms with van der Waals surface area (Å²) in [5.74, 6) is -2.44. The minimum atomic E-state index is -1.19. The molecule has 11 heteroatoms. The Hall–Kier alpha value is -2.34. The number of rotatable bonds is 5. The Balaban J connectivity index is 1.63. The number of likely N-dealkylation sites (tertiary alicyclic amines) is 1. The van der Waals surface area contributed by atoms with Crippen molar-refractivity contribution in [2.75, 3.05) is 25.0 Å². The van der Waals surface area contributed by atoms with Crippen LogP contribution in [0.1, 0.15) is 29.6 Å². The molecule has 2 aromatic rings. The summed E-state index contributed by atoms with van der Waals surface area (Å²) in [5, 5.41) is 15.4. The molecule has 3 heterocycles. The number of hydrogen-bond acceptors (Lipinski definition) is 6. The number of amides is 1. The quantitative estimate of drug-likeness (QED) is 0.421. The van der Waals surface area contributed by atoms with Gasteiger partial charge in [0.15, 0.2) is 5.60 Å². The van der Waals surface area contributed by atoms with Crippen molar-refractivity contribution in [1.29, 1.82) is 0 Å². The number of carbonyl (C=O) groups excluding carboxylic acids is 1. The Morgan fingerprint density at radius 3 is 2.72 bits per heavy atom. The molecule has 8 nitrogen and oxygen atoms in total. The lowest BCUT2D eigenvalue weighted by Crippen LogP contribution is -2.73. The number of anilines is 2. The van der Waals surface area contributed by atoms with Crippen molar-refractivity contribution in [3.8, 4) is 0 Å². The van der Waals surface area contributed by atoms with E-state index in [0.717, 1.165) is 30.4 Å². The standard InChI is InChI=1S/C21H23BrF2N4O4/c1-27-9-13(18(17(24)20(27)30)26-15-6-5-12(22)8-14(15)23)19(29)28-10-21(11-28,32-31)16-4-2-3-7-25-16/h5-6,8-9,16,25-26,31H,2-4,7,10-11H2,1H3/t16-/m0/s1. The summed E-state index contributed by atoms with van der Waals surface area (Å²) >= 11 is 3.15. The molecule has 1 aromatic heterocycles. The van der Waals surface area contributed by atoms with Gasteiger partial charge in [-0.05, 0) is 37.6 Å². The van der Waals surface area contributed by atoms with Crippen molar-refractivity contribution in [1.82, 2.24) is 14.8 Å². The molecule has 2 fully saturated rings. The smallest absolute Gasteiger partial charge is 0.288 e. The molecule has 0 unspecified atom stereocenters. The number of halogens is 3. The van der Waals surface area contributed by atoms with Gasteiger partial charge in [-0.15, -0.1) is 0 Å². The predicted molar refractivity (Wildman–Crippen MR) is 117 cm³/mol. The third-order valence-corrected chi connectivity index (χ3v) is 6.57. The lowest BCUT2D eigenvalue weighted by Gasteiger charge is -2.52. The Labute approximate surface area is 191 Å². The van der Waals surface area contributed by atoms with Crippen LogP contribution in [0.15, 0.2) is 33.7 Å². The SMILES string of the molecule is Cn1cc(C(=O)N2CC(OO)([C@@H]3CCCCN3)C2)c(Nc2ccc(Br)cc2F)c(F)c1=O. The largest absolute Gasteiger partial charge is 0.350 e. The molecule has 32 heavy (non-hydrogen) atoms. The van der Waals surface area contributed by atoms with Crippen molar-refractivity contribution in [3.05, 3.63) is 56.4 Å². The van der Waals surface area contributed by atoms with Crippen LogP contribution in [0, 0.1) is 11.6 Å². The zero-order chi connectivity index (χ0) is 23.0. The monoisotopic (exact) mass is 512 g/mol. The highest BCUT2D eigenvalue weighted by Gasteiger charge is 2.53. The topological polar surface area (TPSA) is 95.8 Å². The summed E-state index contributed by atoms with van der Waals surface area (Å²) in [7, 11) is 1.33. The zero-order valence-electron chi connectivity index (χ0n) is 17.3. The van der Waals surface area contributed by atoms with Crippen LogP contribution in [0.4, 0.5) is 20.2 Å². The second-order valence-corrected chi connectivity index (χ2v) is 9.13. The van der Waals surface area contributed by atoms with Crippen LogP contribution in [-0.2, 0) is 11.9 Å². The average molecular weight is 513 g/mol. The Morgan fingerprint density at radius 2 is 2.09 bits per heavy atom. The van der Waals surface area contributed by atoms with Gasteiger partial charge in [-0.25, -0.2) is 9.28 Å². The first-order valence-electron chi connectivity index (χ1n) is 10.2. The number of piperidine rings is 1. The van der Waals surface area contributed by atoms with Gasteiger partial charge in [-0.1, -0.05) is 22.4 Å². The second-order valence-electron chi connectivity index (χ2n) is 8.22. The minimum Gasteiger partial charge on any atom is -0.350 e. The van der Waals surface area contributed by atoms with Crippen molar-refractivity contribution in [3.63, 3.8) is 0 Å². The van der Waals surface area contributed by atoms with E-state index >= 15 is 0 Å². The molecule has 4 rings (SSSR count). The summed E-state index contributed by atoms with van der Waals surface area (Å²) in [4.78, 5) is 31.6. The summed E-state index contributed by atoms with van der Waals surface area (Å²) < 4.78 is 30.7. The van der Waals surface area contributed by atoms with E-state index in [2.05, 4.69) is 26.6 Å². The number of pyridine rings is 1. The Bertz CT molecular complexity index is 1100. The molecule has 0 bridgehead atoms. The van der Waals surface area contributed by atoms with Crippen molar-refractivity contribution in [2.24, 2.45) is 7.05 Å². The van der Waals surface area contributed by atoms with E-state index in [1.807, 2.05) is 0 Å². The minimum absolute atomic E-state index is 0.0857. The molecule has 1 amide bonds. The number of nitrogens with one attached hydrogen (secondary N) is 2. The van der Waals surface area contributed by atoms with Gasteiger partial charge < -0.3 is 20.1 Å². The first-order chi connectivity index (χ1) is 15.3. The molecular weight excluding hydrogens is 490 g/mol. The van der Waals surface area contributed by atoms with Crippen molar-refractivity contribution >= 4 is 33.2 Å². The van der Waals surface area contributed by atoms with E-state index in [9.17, 15) is 23.6 Å². The van der Waals surface area contributed by atoms with Crippen LogP contribution < -0.4 is 16.2 Å². The molecular formula is C21H23BrF2N4O4. The maximum atomic E-state index is 14.9. The lowest BCUT2D eigenvalue weighted by atomic mass is 9.81. The number of nitrogens with zero attached hydrogens (tertiary/aromatic N) is 2. The van der Waals surface area contributed by atoms with Crippen LogP contribution in [0.2, 0.25) is 0 Å². The molecule has 0 aliphatic carbocycles. The van der Waals surface area contributed by atoms with Gasteiger partial charge in [0.05, 0.1) is 30.0 Å². The van der Waals surface area contributed by atoms with Gasteiger partial charge in [0.25, 0.3) is 11.5 Å². The number of benzene rings is 1. The van der Waals surface area contributed by atoms with Crippen LogP contribution in [-0.4, -0.2) is 51.9 Å². The van der Waals surface area contributed by atoms with Gasteiger partial charge in [-0.2, -0.15) is 4.39 Å². The molecule has 172 valence electrons. The third kappa shape index (κ3) is 4.05. The van der Waals surface area contributed by atoms with E-state index in [-0.39, 0.29) is 30.4 Å². The molecule has 2 saturated heterocycles. The fourth-order valence-corrected chi connectivity index (χ4v) is 4.60. The molecule has 1 atom stereocenters. The maximum Gasteiger partial charge on any atom is 0.288 e. The lowest BCUT2D eigenvalue weighted by molar-refractivity contribution is -0.357. The highest BCUT2D eigenvalue weighted by Crippen LogP contribution is 2.35. The molecule has 1 aromatic carbocycles. The van der Waals surface area contributed by atoms with Crippen LogP contribution in [0.3, 0.4) is 0 Å². The molecule has 0 saturated carbocycles. The number of hydrogen-bond donors (Lipinski definition) is 3. The Morgan fingerprint density at radius 1 is 1.34 bits per heavy atom. The maximum absolute atomic E-state index is 14.9. The number of aromatic nitrogens is 1. The number of aryl methyl sites for hydroxylation is 1. The van der Waals surface area contributed by atoms with Gasteiger partial charge in [0.1, 0.15) is 5.82 Å². The van der Waals surface area contributed by atoms with Gasteiger partial charge >= 0.3 is 0 Å². The molecule has 0 spiro atoms.